The molecule has 9 heteroatoms. The molecule has 0 radical (unpaired) electrons. The Morgan fingerprint density at radius 3 is 2.04 bits per heavy atom. The third kappa shape index (κ3) is 5.70. The standard InChI is InChI=1S/C17H26N2O6S/c1-10(2)15(16(20)18-12(4)11(3)17(21)22)19-26(23,24)14-8-6-13(25-5)7-9-14/h6-12,15,19H,1-5H3,(H,18,20)(H,21,22). The SMILES string of the molecule is COc1ccc(S(=O)(=O)NC(C(=O)NC(C)C(C)C(=O)O)C(C)C)cc1. The first-order valence-electron chi connectivity index (χ1n) is 8.19. The molecule has 0 aromatic heterocycles. The number of hydrogen-bond acceptors (Lipinski definition) is 5. The van der Waals surface area contributed by atoms with Crippen molar-refractivity contribution in [1.29, 1.82) is 0 Å². The Morgan fingerprint density at radius 1 is 1.08 bits per heavy atom. The highest BCUT2D eigenvalue weighted by molar-refractivity contribution is 7.89. The van der Waals surface area contributed by atoms with Crippen LogP contribution >= 0.6 is 0 Å². The van der Waals surface area contributed by atoms with Crippen molar-refractivity contribution < 1.29 is 27.9 Å². The van der Waals surface area contributed by atoms with Gasteiger partial charge in [0, 0.05) is 6.04 Å². The van der Waals surface area contributed by atoms with Crippen LogP contribution in [0.4, 0.5) is 0 Å². The molecule has 1 amide bonds. The second kappa shape index (κ2) is 9.00. The third-order valence-electron chi connectivity index (χ3n) is 4.11. The Balaban J connectivity index is 2.95. The van der Waals surface area contributed by atoms with Crippen molar-refractivity contribution in [3.63, 3.8) is 0 Å². The van der Waals surface area contributed by atoms with Crippen LogP contribution < -0.4 is 14.8 Å². The van der Waals surface area contributed by atoms with E-state index in [1.54, 1.807) is 20.8 Å². The molecule has 0 spiro atoms. The average Bonchev–Trinajstić information content (AvgIpc) is 2.58. The molecule has 0 aliphatic heterocycles. The van der Waals surface area contributed by atoms with Gasteiger partial charge in [-0.1, -0.05) is 13.8 Å². The Bertz CT molecular complexity index is 730. The molecule has 0 aliphatic rings. The van der Waals surface area contributed by atoms with Gasteiger partial charge in [-0.3, -0.25) is 9.59 Å². The summed E-state index contributed by atoms with van der Waals surface area (Å²) in [6.45, 7) is 6.43. The summed E-state index contributed by atoms with van der Waals surface area (Å²) in [7, 11) is -2.46. The molecule has 0 aliphatic carbocycles. The first kappa shape index (κ1) is 21.9. The Morgan fingerprint density at radius 2 is 1.62 bits per heavy atom. The molecule has 3 N–H and O–H groups in total. The fraction of sp³-hybridized carbons (Fsp3) is 0.529. The molecule has 1 rings (SSSR count). The van der Waals surface area contributed by atoms with Gasteiger partial charge in [0.25, 0.3) is 0 Å². The third-order valence-corrected chi connectivity index (χ3v) is 5.57. The summed E-state index contributed by atoms with van der Waals surface area (Å²) in [6.07, 6.45) is 0. The number of carboxylic acid groups (broad SMARTS) is 1. The summed E-state index contributed by atoms with van der Waals surface area (Å²) in [5, 5.41) is 11.6. The lowest BCUT2D eigenvalue weighted by atomic mass is 10.0. The van der Waals surface area contributed by atoms with Crippen LogP contribution in [0.2, 0.25) is 0 Å². The Labute approximate surface area is 154 Å². The smallest absolute Gasteiger partial charge is 0.308 e. The van der Waals surface area contributed by atoms with Gasteiger partial charge in [-0.15, -0.1) is 0 Å². The largest absolute Gasteiger partial charge is 0.497 e. The van der Waals surface area contributed by atoms with E-state index < -0.39 is 39.9 Å². The molecule has 146 valence electrons. The van der Waals surface area contributed by atoms with Crippen molar-refractivity contribution in [3.05, 3.63) is 24.3 Å². The van der Waals surface area contributed by atoms with Gasteiger partial charge < -0.3 is 15.2 Å². The summed E-state index contributed by atoms with van der Waals surface area (Å²) in [6, 6.07) is 4.10. The molecule has 8 nitrogen and oxygen atoms in total. The monoisotopic (exact) mass is 386 g/mol. The van der Waals surface area contributed by atoms with E-state index >= 15 is 0 Å². The van der Waals surface area contributed by atoms with E-state index in [0.29, 0.717) is 5.75 Å². The van der Waals surface area contributed by atoms with Crippen LogP contribution in [-0.2, 0) is 19.6 Å². The number of nitrogens with one attached hydrogen (secondary N) is 2. The summed E-state index contributed by atoms with van der Waals surface area (Å²) >= 11 is 0. The fourth-order valence-electron chi connectivity index (χ4n) is 2.14. The summed E-state index contributed by atoms with van der Waals surface area (Å²) in [5.74, 6) is -2.24. The molecule has 3 atom stereocenters. The van der Waals surface area contributed by atoms with Gasteiger partial charge in [-0.2, -0.15) is 4.72 Å². The summed E-state index contributed by atoms with van der Waals surface area (Å²) in [4.78, 5) is 23.5. The van der Waals surface area contributed by atoms with Crippen LogP contribution in [0.15, 0.2) is 29.2 Å². The van der Waals surface area contributed by atoms with Gasteiger partial charge in [-0.25, -0.2) is 8.42 Å². The molecule has 1 aromatic carbocycles. The first-order chi connectivity index (χ1) is 12.0. The Kier molecular flexibility index (Phi) is 7.58. The minimum absolute atomic E-state index is 0.00343. The van der Waals surface area contributed by atoms with Crippen molar-refractivity contribution >= 4 is 21.9 Å². The van der Waals surface area contributed by atoms with Crippen LogP contribution in [0.3, 0.4) is 0 Å². The van der Waals surface area contributed by atoms with Crippen LogP contribution in [-0.4, -0.2) is 44.6 Å². The predicted octanol–water partition coefficient (Wildman–Crippen LogP) is 1.22. The maximum absolute atomic E-state index is 12.6. The van der Waals surface area contributed by atoms with Crippen molar-refractivity contribution in [2.24, 2.45) is 11.8 Å². The van der Waals surface area contributed by atoms with Crippen LogP contribution in [0.1, 0.15) is 27.7 Å². The number of methoxy groups -OCH3 is 1. The Hall–Kier alpha value is -2.13. The normalized spacial score (nSPS) is 15.2. The summed E-state index contributed by atoms with van der Waals surface area (Å²) < 4.78 is 32.5. The van der Waals surface area contributed by atoms with Crippen molar-refractivity contribution in [1.82, 2.24) is 10.0 Å². The maximum atomic E-state index is 12.6. The van der Waals surface area contributed by atoms with E-state index in [1.165, 1.54) is 38.3 Å². The lowest BCUT2D eigenvalue weighted by Crippen LogP contribution is -2.53. The predicted molar refractivity (Wildman–Crippen MR) is 96.3 cm³/mol. The molecular weight excluding hydrogens is 360 g/mol. The molecule has 1 aromatic rings. The van der Waals surface area contributed by atoms with Gasteiger partial charge in [0.2, 0.25) is 15.9 Å². The van der Waals surface area contributed by atoms with Crippen LogP contribution in [0.5, 0.6) is 5.75 Å². The molecule has 0 heterocycles. The van der Waals surface area contributed by atoms with E-state index in [1.807, 2.05) is 0 Å². The maximum Gasteiger partial charge on any atom is 0.308 e. The second-order valence-electron chi connectivity index (χ2n) is 6.44. The molecule has 0 saturated carbocycles. The van der Waals surface area contributed by atoms with Gasteiger partial charge in [-0.05, 0) is 44.0 Å². The molecule has 0 bridgehead atoms. The number of rotatable bonds is 9. The molecule has 3 unspecified atom stereocenters. The van der Waals surface area contributed by atoms with Crippen LogP contribution in [0, 0.1) is 11.8 Å². The number of aliphatic carboxylic acids is 1. The lowest BCUT2D eigenvalue weighted by Gasteiger charge is -2.25. The zero-order valence-corrected chi connectivity index (χ0v) is 16.3. The van der Waals surface area contributed by atoms with Gasteiger partial charge in [0.1, 0.15) is 11.8 Å². The molecule has 26 heavy (non-hydrogen) atoms. The number of ether oxygens (including phenoxy) is 1. The quantitative estimate of drug-likeness (QED) is 0.587. The average molecular weight is 386 g/mol. The minimum Gasteiger partial charge on any atom is -0.497 e. The number of carbonyl (C=O) groups excluding carboxylic acids is 1. The fourth-order valence-corrected chi connectivity index (χ4v) is 3.48. The number of hydrogen-bond donors (Lipinski definition) is 3. The number of carbonyl (C=O) groups is 2. The molecule has 0 saturated heterocycles. The number of benzene rings is 1. The zero-order valence-electron chi connectivity index (χ0n) is 15.5. The van der Waals surface area contributed by atoms with Crippen LogP contribution in [0.25, 0.3) is 0 Å². The number of amides is 1. The van der Waals surface area contributed by atoms with E-state index in [-0.39, 0.29) is 10.8 Å². The zero-order chi connectivity index (χ0) is 20.1. The van der Waals surface area contributed by atoms with E-state index in [4.69, 9.17) is 9.84 Å². The van der Waals surface area contributed by atoms with E-state index in [9.17, 15) is 18.0 Å². The van der Waals surface area contributed by atoms with Crippen molar-refractivity contribution in [3.8, 4) is 5.75 Å². The molecular formula is C17H26N2O6S. The van der Waals surface area contributed by atoms with Crippen molar-refractivity contribution in [2.75, 3.05) is 7.11 Å². The second-order valence-corrected chi connectivity index (χ2v) is 8.16. The highest BCUT2D eigenvalue weighted by Crippen LogP contribution is 2.17. The minimum atomic E-state index is -3.93. The van der Waals surface area contributed by atoms with Gasteiger partial charge in [0.05, 0.1) is 17.9 Å². The van der Waals surface area contributed by atoms with E-state index in [0.717, 1.165) is 0 Å². The highest BCUT2D eigenvalue weighted by atomic mass is 32.2. The summed E-state index contributed by atoms with van der Waals surface area (Å²) in [5.41, 5.74) is 0. The first-order valence-corrected chi connectivity index (χ1v) is 9.67. The number of carboxylic acids is 1. The lowest BCUT2D eigenvalue weighted by molar-refractivity contribution is -0.142. The topological polar surface area (TPSA) is 122 Å². The molecule has 0 fully saturated rings. The van der Waals surface area contributed by atoms with Crippen molar-refractivity contribution in [2.45, 2.75) is 44.7 Å². The van der Waals surface area contributed by atoms with Gasteiger partial charge in [0.15, 0.2) is 0 Å². The highest BCUT2D eigenvalue weighted by Gasteiger charge is 2.30. The number of sulfonamides is 1. The van der Waals surface area contributed by atoms with Gasteiger partial charge >= 0.3 is 5.97 Å². The van der Waals surface area contributed by atoms with E-state index in [2.05, 4.69) is 10.0 Å².